The molecule has 1 amide bonds. The van der Waals surface area contributed by atoms with Crippen molar-refractivity contribution in [2.75, 3.05) is 26.1 Å². The second-order valence-corrected chi connectivity index (χ2v) is 7.81. The Morgan fingerprint density at radius 1 is 1.13 bits per heavy atom. The Bertz CT molecular complexity index is 1050. The molecule has 3 rings (SSSR count). The Morgan fingerprint density at radius 3 is 2.63 bits per heavy atom. The predicted molar refractivity (Wildman–Crippen MR) is 121 cm³/mol. The van der Waals surface area contributed by atoms with E-state index in [1.165, 1.54) is 28.7 Å². The van der Waals surface area contributed by atoms with Gasteiger partial charge in [0.05, 0.1) is 20.8 Å². The second-order valence-electron chi connectivity index (χ2n) is 5.98. The van der Waals surface area contributed by atoms with E-state index in [0.29, 0.717) is 27.6 Å². The highest BCUT2D eigenvalue weighted by Gasteiger charge is 2.22. The first-order valence-corrected chi connectivity index (χ1v) is 10.9. The predicted octanol–water partition coefficient (Wildman–Crippen LogP) is 5.32. The van der Waals surface area contributed by atoms with E-state index < -0.39 is 5.97 Å². The number of ether oxygens (including phenoxy) is 3. The monoisotopic (exact) mass is 443 g/mol. The Labute approximate surface area is 182 Å². The van der Waals surface area contributed by atoms with Crippen LogP contribution in [0.3, 0.4) is 0 Å². The highest BCUT2D eigenvalue weighted by molar-refractivity contribution is 7.17. The average Bonchev–Trinajstić information content (AvgIpc) is 3.42. The molecule has 0 fully saturated rings. The number of methoxy groups -OCH3 is 2. The Kier molecular flexibility index (Phi) is 7.26. The van der Waals surface area contributed by atoms with Crippen LogP contribution in [0.25, 0.3) is 16.5 Å². The Hall–Kier alpha value is -3.10. The van der Waals surface area contributed by atoms with Gasteiger partial charge in [-0.1, -0.05) is 6.07 Å². The van der Waals surface area contributed by atoms with E-state index in [2.05, 4.69) is 5.32 Å². The highest BCUT2D eigenvalue weighted by atomic mass is 32.1. The van der Waals surface area contributed by atoms with E-state index >= 15 is 0 Å². The van der Waals surface area contributed by atoms with Gasteiger partial charge in [0.2, 0.25) is 5.91 Å². The molecule has 1 N–H and O–H groups in total. The fourth-order valence-corrected chi connectivity index (χ4v) is 4.53. The minimum Gasteiger partial charge on any atom is -0.497 e. The van der Waals surface area contributed by atoms with Crippen molar-refractivity contribution < 1.29 is 23.8 Å². The molecule has 6 nitrogen and oxygen atoms in total. The number of rotatable bonds is 8. The quantitative estimate of drug-likeness (QED) is 0.377. The number of amides is 1. The molecule has 0 unspecified atom stereocenters. The summed E-state index contributed by atoms with van der Waals surface area (Å²) < 4.78 is 15.7. The highest BCUT2D eigenvalue weighted by Crippen LogP contribution is 2.38. The molecule has 0 aliphatic rings. The summed E-state index contributed by atoms with van der Waals surface area (Å²) in [5.41, 5.74) is 1.82. The van der Waals surface area contributed by atoms with Gasteiger partial charge < -0.3 is 19.5 Å². The molecule has 2 aromatic heterocycles. The summed E-state index contributed by atoms with van der Waals surface area (Å²) in [5, 5.41) is 7.03. The average molecular weight is 444 g/mol. The van der Waals surface area contributed by atoms with E-state index in [4.69, 9.17) is 14.2 Å². The number of esters is 1. The standard InChI is InChI=1S/C22H21NO5S2/c1-4-28-22(25)20-16(18-6-5-11-29-18)13-30-21(20)23-19(24)10-7-14-12-15(26-2)8-9-17(14)27-3/h5-13H,4H2,1-3H3,(H,23,24)/b10-7+. The normalized spacial score (nSPS) is 10.8. The van der Waals surface area contributed by atoms with Gasteiger partial charge in [0.25, 0.3) is 0 Å². The second kappa shape index (κ2) is 10.1. The van der Waals surface area contributed by atoms with E-state index in [-0.39, 0.29) is 12.5 Å². The van der Waals surface area contributed by atoms with E-state index in [9.17, 15) is 9.59 Å². The van der Waals surface area contributed by atoms with Crippen LogP contribution in [0.4, 0.5) is 5.00 Å². The van der Waals surface area contributed by atoms with Crippen LogP contribution in [-0.4, -0.2) is 32.7 Å². The van der Waals surface area contributed by atoms with Gasteiger partial charge in [-0.2, -0.15) is 0 Å². The summed E-state index contributed by atoms with van der Waals surface area (Å²) in [6.07, 6.45) is 3.02. The van der Waals surface area contributed by atoms with Crippen LogP contribution >= 0.6 is 22.7 Å². The molecule has 0 radical (unpaired) electrons. The number of thiophene rings is 2. The van der Waals surface area contributed by atoms with Crippen LogP contribution in [-0.2, 0) is 9.53 Å². The van der Waals surface area contributed by atoms with Crippen molar-refractivity contribution in [2.24, 2.45) is 0 Å². The van der Waals surface area contributed by atoms with Crippen molar-refractivity contribution in [3.63, 3.8) is 0 Å². The Morgan fingerprint density at radius 2 is 1.97 bits per heavy atom. The number of hydrogen-bond acceptors (Lipinski definition) is 7. The zero-order chi connectivity index (χ0) is 21.5. The van der Waals surface area contributed by atoms with Crippen molar-refractivity contribution >= 4 is 45.6 Å². The molecular formula is C22H21NO5S2. The molecule has 1 aromatic carbocycles. The van der Waals surface area contributed by atoms with E-state index in [1.807, 2.05) is 22.9 Å². The lowest BCUT2D eigenvalue weighted by Crippen LogP contribution is -2.12. The lowest BCUT2D eigenvalue weighted by atomic mass is 10.1. The zero-order valence-corrected chi connectivity index (χ0v) is 18.4. The number of carbonyl (C=O) groups excluding carboxylic acids is 2. The van der Waals surface area contributed by atoms with Gasteiger partial charge in [-0.25, -0.2) is 4.79 Å². The van der Waals surface area contributed by atoms with Crippen molar-refractivity contribution in [3.05, 3.63) is 58.3 Å². The van der Waals surface area contributed by atoms with Crippen LogP contribution in [0, 0.1) is 0 Å². The third kappa shape index (κ3) is 4.90. The maximum Gasteiger partial charge on any atom is 0.341 e. The molecule has 8 heteroatoms. The first-order valence-electron chi connectivity index (χ1n) is 9.11. The summed E-state index contributed by atoms with van der Waals surface area (Å²) >= 11 is 2.81. The lowest BCUT2D eigenvalue weighted by Gasteiger charge is -2.08. The Balaban J connectivity index is 1.85. The summed E-state index contributed by atoms with van der Waals surface area (Å²) in [4.78, 5) is 26.0. The molecule has 2 heterocycles. The van der Waals surface area contributed by atoms with E-state index in [1.54, 1.807) is 45.4 Å². The summed E-state index contributed by atoms with van der Waals surface area (Å²) in [6.45, 7) is 2.00. The van der Waals surface area contributed by atoms with Crippen molar-refractivity contribution in [2.45, 2.75) is 6.92 Å². The van der Waals surface area contributed by atoms with Crippen LogP contribution in [0.1, 0.15) is 22.8 Å². The van der Waals surface area contributed by atoms with E-state index in [0.717, 1.165) is 10.4 Å². The topological polar surface area (TPSA) is 73.9 Å². The number of hydrogen-bond donors (Lipinski definition) is 1. The molecule has 0 aliphatic carbocycles. The molecule has 0 atom stereocenters. The van der Waals surface area contributed by atoms with Gasteiger partial charge in [-0.3, -0.25) is 4.79 Å². The van der Waals surface area contributed by atoms with Crippen molar-refractivity contribution in [1.82, 2.24) is 0 Å². The summed E-state index contributed by atoms with van der Waals surface area (Å²) in [5.74, 6) is 0.434. The molecule has 0 aliphatic heterocycles. The maximum absolute atomic E-state index is 12.6. The van der Waals surface area contributed by atoms with Crippen LogP contribution in [0.15, 0.2) is 47.2 Å². The van der Waals surface area contributed by atoms with Gasteiger partial charge in [-0.15, -0.1) is 22.7 Å². The molecule has 0 saturated carbocycles. The first kappa shape index (κ1) is 21.6. The molecule has 30 heavy (non-hydrogen) atoms. The van der Waals surface area contributed by atoms with Gasteiger partial charge in [0, 0.05) is 27.5 Å². The van der Waals surface area contributed by atoms with Gasteiger partial charge in [0.1, 0.15) is 22.1 Å². The van der Waals surface area contributed by atoms with Crippen molar-refractivity contribution in [3.8, 4) is 21.9 Å². The van der Waals surface area contributed by atoms with Gasteiger partial charge in [-0.05, 0) is 42.6 Å². The molecule has 0 saturated heterocycles. The fraction of sp³-hybridized carbons (Fsp3) is 0.182. The van der Waals surface area contributed by atoms with Gasteiger partial charge in [0.15, 0.2) is 0 Å². The SMILES string of the molecule is CCOC(=O)c1c(-c2cccs2)csc1NC(=O)/C=C/c1cc(OC)ccc1OC. The molecule has 0 spiro atoms. The van der Waals surface area contributed by atoms with Crippen LogP contribution in [0.5, 0.6) is 11.5 Å². The minimum absolute atomic E-state index is 0.251. The minimum atomic E-state index is -0.462. The third-order valence-electron chi connectivity index (χ3n) is 4.15. The number of anilines is 1. The molecule has 0 bridgehead atoms. The lowest BCUT2D eigenvalue weighted by molar-refractivity contribution is -0.111. The third-order valence-corrected chi connectivity index (χ3v) is 5.94. The molecule has 3 aromatic rings. The number of benzene rings is 1. The largest absolute Gasteiger partial charge is 0.497 e. The summed E-state index contributed by atoms with van der Waals surface area (Å²) in [6, 6.07) is 9.15. The fourth-order valence-electron chi connectivity index (χ4n) is 2.76. The zero-order valence-electron chi connectivity index (χ0n) is 16.8. The smallest absolute Gasteiger partial charge is 0.341 e. The first-order chi connectivity index (χ1) is 14.6. The molecule has 156 valence electrons. The molecular weight excluding hydrogens is 422 g/mol. The number of carbonyl (C=O) groups is 2. The van der Waals surface area contributed by atoms with Crippen LogP contribution < -0.4 is 14.8 Å². The van der Waals surface area contributed by atoms with Gasteiger partial charge >= 0.3 is 5.97 Å². The maximum atomic E-state index is 12.6. The number of nitrogens with one attached hydrogen (secondary N) is 1. The van der Waals surface area contributed by atoms with Crippen molar-refractivity contribution in [1.29, 1.82) is 0 Å². The van der Waals surface area contributed by atoms with Crippen LogP contribution in [0.2, 0.25) is 0 Å². The summed E-state index contributed by atoms with van der Waals surface area (Å²) in [7, 11) is 3.13.